The van der Waals surface area contributed by atoms with E-state index >= 15 is 0 Å². The lowest BCUT2D eigenvalue weighted by Crippen LogP contribution is -2.39. The first-order valence-electron chi connectivity index (χ1n) is 4.25. The first kappa shape index (κ1) is 11.7. The maximum atomic E-state index is 11.4. The molecular formula is C9H13BrN2OS. The largest absolute Gasteiger partial charge is 0.339 e. The number of thiophene rings is 1. The molecule has 0 radical (unpaired) electrons. The van der Waals surface area contributed by atoms with Crippen molar-refractivity contribution in [1.29, 1.82) is 0 Å². The van der Waals surface area contributed by atoms with E-state index in [1.165, 1.54) is 0 Å². The first-order valence-corrected chi connectivity index (χ1v) is 5.86. The fourth-order valence-electron chi connectivity index (χ4n) is 1.10. The van der Waals surface area contributed by atoms with Crippen LogP contribution in [0.15, 0.2) is 15.9 Å². The van der Waals surface area contributed by atoms with Crippen molar-refractivity contribution in [1.82, 2.24) is 4.90 Å². The highest BCUT2D eigenvalue weighted by Gasteiger charge is 2.13. The molecule has 0 bridgehead atoms. The van der Waals surface area contributed by atoms with E-state index in [1.54, 1.807) is 30.2 Å². The Hall–Kier alpha value is -0.390. The molecule has 0 saturated heterocycles. The molecule has 0 aliphatic carbocycles. The number of hydrogen-bond acceptors (Lipinski definition) is 3. The number of carbonyl (C=O) groups is 1. The van der Waals surface area contributed by atoms with Crippen molar-refractivity contribution in [2.24, 2.45) is 5.73 Å². The average molecular weight is 277 g/mol. The second-order valence-electron chi connectivity index (χ2n) is 3.19. The Labute approximate surface area is 96.0 Å². The van der Waals surface area contributed by atoms with E-state index in [0.29, 0.717) is 6.54 Å². The number of likely N-dealkylation sites (N-methyl/N-ethyl adjacent to an activating group) is 1. The van der Waals surface area contributed by atoms with Crippen LogP contribution < -0.4 is 5.73 Å². The number of rotatable bonds is 3. The molecule has 0 aliphatic heterocycles. The first-order chi connectivity index (χ1) is 6.50. The number of amides is 1. The van der Waals surface area contributed by atoms with Crippen LogP contribution in [0.25, 0.3) is 0 Å². The van der Waals surface area contributed by atoms with Gasteiger partial charge in [-0.1, -0.05) is 0 Å². The number of hydrogen-bond donors (Lipinski definition) is 1. The van der Waals surface area contributed by atoms with E-state index in [1.807, 2.05) is 12.1 Å². The van der Waals surface area contributed by atoms with Gasteiger partial charge in [0.05, 0.1) is 16.4 Å². The molecule has 1 aromatic heterocycles. The molecule has 3 nitrogen and oxygen atoms in total. The van der Waals surface area contributed by atoms with Crippen LogP contribution in [0.4, 0.5) is 0 Å². The molecule has 0 aliphatic rings. The lowest BCUT2D eigenvalue weighted by atomic mass is 10.3. The predicted octanol–water partition coefficient (Wildman–Crippen LogP) is 1.82. The zero-order valence-electron chi connectivity index (χ0n) is 8.16. The Balaban J connectivity index is 2.57. The van der Waals surface area contributed by atoms with Crippen LogP contribution >= 0.6 is 27.3 Å². The van der Waals surface area contributed by atoms with Crippen molar-refractivity contribution < 1.29 is 4.79 Å². The Morgan fingerprint density at radius 3 is 2.79 bits per heavy atom. The molecule has 0 unspecified atom stereocenters. The van der Waals surface area contributed by atoms with E-state index < -0.39 is 6.04 Å². The minimum Gasteiger partial charge on any atom is -0.339 e. The van der Waals surface area contributed by atoms with E-state index in [-0.39, 0.29) is 5.91 Å². The average Bonchev–Trinajstić information content (AvgIpc) is 2.49. The third-order valence-corrected chi connectivity index (χ3v) is 3.40. The molecule has 5 heteroatoms. The summed E-state index contributed by atoms with van der Waals surface area (Å²) in [6.07, 6.45) is 0. The van der Waals surface area contributed by atoms with E-state index in [2.05, 4.69) is 15.9 Å². The summed E-state index contributed by atoms with van der Waals surface area (Å²) in [4.78, 5) is 14.2. The minimum absolute atomic E-state index is 0.0328. The molecule has 1 atom stereocenters. The molecule has 1 aromatic rings. The smallest absolute Gasteiger partial charge is 0.239 e. The van der Waals surface area contributed by atoms with Gasteiger partial charge in [0.1, 0.15) is 0 Å². The second-order valence-corrected chi connectivity index (χ2v) is 5.74. The van der Waals surface area contributed by atoms with Crippen molar-refractivity contribution in [3.63, 3.8) is 0 Å². The van der Waals surface area contributed by atoms with Gasteiger partial charge in [-0.25, -0.2) is 0 Å². The van der Waals surface area contributed by atoms with Crippen LogP contribution in [0.1, 0.15) is 11.8 Å². The third kappa shape index (κ3) is 3.08. The van der Waals surface area contributed by atoms with Crippen LogP contribution in [-0.2, 0) is 11.3 Å². The molecule has 0 aromatic carbocycles. The minimum atomic E-state index is -0.427. The van der Waals surface area contributed by atoms with E-state index in [0.717, 1.165) is 8.66 Å². The van der Waals surface area contributed by atoms with Crippen molar-refractivity contribution >= 4 is 33.2 Å². The molecular weight excluding hydrogens is 264 g/mol. The van der Waals surface area contributed by atoms with E-state index in [4.69, 9.17) is 5.73 Å². The maximum Gasteiger partial charge on any atom is 0.239 e. The summed E-state index contributed by atoms with van der Waals surface area (Å²) >= 11 is 5.01. The van der Waals surface area contributed by atoms with Gasteiger partial charge in [0.15, 0.2) is 0 Å². The zero-order chi connectivity index (χ0) is 10.7. The quantitative estimate of drug-likeness (QED) is 0.916. The summed E-state index contributed by atoms with van der Waals surface area (Å²) in [7, 11) is 1.76. The molecule has 14 heavy (non-hydrogen) atoms. The van der Waals surface area contributed by atoms with Crippen molar-refractivity contribution in [2.75, 3.05) is 7.05 Å². The normalized spacial score (nSPS) is 12.6. The number of halogens is 1. The van der Waals surface area contributed by atoms with Crippen molar-refractivity contribution in [3.8, 4) is 0 Å². The van der Waals surface area contributed by atoms with Crippen LogP contribution in [0.2, 0.25) is 0 Å². The Morgan fingerprint density at radius 1 is 1.71 bits per heavy atom. The summed E-state index contributed by atoms with van der Waals surface area (Å²) in [5, 5.41) is 0. The van der Waals surface area contributed by atoms with Crippen LogP contribution in [-0.4, -0.2) is 23.9 Å². The molecule has 1 rings (SSSR count). The molecule has 78 valence electrons. The van der Waals surface area contributed by atoms with Gasteiger partial charge in [-0.2, -0.15) is 0 Å². The van der Waals surface area contributed by atoms with E-state index in [9.17, 15) is 4.79 Å². The SMILES string of the molecule is C[C@H](N)C(=O)N(C)Cc1ccc(Br)s1. The monoisotopic (exact) mass is 276 g/mol. The molecule has 2 N–H and O–H groups in total. The van der Waals surface area contributed by atoms with Gasteiger partial charge < -0.3 is 10.6 Å². The number of carbonyl (C=O) groups excluding carboxylic acids is 1. The van der Waals surface area contributed by atoms with Crippen molar-refractivity contribution in [2.45, 2.75) is 19.5 Å². The van der Waals surface area contributed by atoms with Gasteiger partial charge in [-0.3, -0.25) is 4.79 Å². The Kier molecular flexibility index (Phi) is 4.10. The summed E-state index contributed by atoms with van der Waals surface area (Å²) in [6, 6.07) is 3.55. The van der Waals surface area contributed by atoms with Crippen molar-refractivity contribution in [3.05, 3.63) is 20.8 Å². The summed E-state index contributed by atoms with van der Waals surface area (Å²) in [5.41, 5.74) is 5.50. The number of nitrogens with zero attached hydrogens (tertiary/aromatic N) is 1. The van der Waals surface area contributed by atoms with Gasteiger partial charge in [0, 0.05) is 11.9 Å². The van der Waals surface area contributed by atoms with Gasteiger partial charge >= 0.3 is 0 Å². The third-order valence-electron chi connectivity index (χ3n) is 1.79. The van der Waals surface area contributed by atoms with Crippen LogP contribution in [0, 0.1) is 0 Å². The standard InChI is InChI=1S/C9H13BrN2OS/c1-6(11)9(13)12(2)5-7-3-4-8(10)14-7/h3-4,6H,5,11H2,1-2H3/t6-/m0/s1. The van der Waals surface area contributed by atoms with Crippen LogP contribution in [0.3, 0.4) is 0 Å². The molecule has 0 fully saturated rings. The summed E-state index contributed by atoms with van der Waals surface area (Å²) in [6.45, 7) is 2.32. The number of nitrogens with two attached hydrogens (primary N) is 1. The lowest BCUT2D eigenvalue weighted by molar-refractivity contribution is -0.131. The predicted molar refractivity (Wildman–Crippen MR) is 62.1 cm³/mol. The highest BCUT2D eigenvalue weighted by atomic mass is 79.9. The maximum absolute atomic E-state index is 11.4. The molecule has 1 amide bonds. The van der Waals surface area contributed by atoms with Gasteiger partial charge in [0.2, 0.25) is 5.91 Å². The molecule has 0 saturated carbocycles. The second kappa shape index (κ2) is 4.91. The molecule has 1 heterocycles. The highest BCUT2D eigenvalue weighted by molar-refractivity contribution is 9.11. The Morgan fingerprint density at radius 2 is 2.36 bits per heavy atom. The fourth-order valence-corrected chi connectivity index (χ4v) is 2.63. The fraction of sp³-hybridized carbons (Fsp3) is 0.444. The van der Waals surface area contributed by atoms with Gasteiger partial charge in [-0.05, 0) is 35.0 Å². The summed E-state index contributed by atoms with van der Waals surface area (Å²) in [5.74, 6) is -0.0328. The zero-order valence-corrected chi connectivity index (χ0v) is 10.6. The molecule has 0 spiro atoms. The topological polar surface area (TPSA) is 46.3 Å². The summed E-state index contributed by atoms with van der Waals surface area (Å²) < 4.78 is 1.08. The van der Waals surface area contributed by atoms with Crippen LogP contribution in [0.5, 0.6) is 0 Å². The highest BCUT2D eigenvalue weighted by Crippen LogP contribution is 2.22. The Bertz CT molecular complexity index is 324. The lowest BCUT2D eigenvalue weighted by Gasteiger charge is -2.18. The van der Waals surface area contributed by atoms with Gasteiger partial charge in [-0.15, -0.1) is 11.3 Å². The van der Waals surface area contributed by atoms with Gasteiger partial charge in [0.25, 0.3) is 0 Å².